The maximum Gasteiger partial charge on any atom is 0.516 e. The summed E-state index contributed by atoms with van der Waals surface area (Å²) in [4.78, 5) is 0. The lowest BCUT2D eigenvalue weighted by Crippen LogP contribution is -2.41. The first-order chi connectivity index (χ1) is 7.78. The lowest BCUT2D eigenvalue weighted by Gasteiger charge is -2.32. The van der Waals surface area contributed by atoms with Crippen LogP contribution in [0.3, 0.4) is 0 Å². The minimum atomic E-state index is -0.442. The molecule has 94 valence electrons. The van der Waals surface area contributed by atoms with Crippen LogP contribution in [0, 0.1) is 0 Å². The van der Waals surface area contributed by atoms with Crippen molar-refractivity contribution in [3.05, 3.63) is 6.20 Å². The van der Waals surface area contributed by atoms with Gasteiger partial charge in [0.1, 0.15) is 0 Å². The first-order valence-electron chi connectivity index (χ1n) is 5.95. The molecule has 1 aromatic rings. The second-order valence-electron chi connectivity index (χ2n) is 5.39. The molecule has 0 radical (unpaired) electrons. The van der Waals surface area contributed by atoms with Crippen LogP contribution in [-0.4, -0.2) is 28.1 Å². The van der Waals surface area contributed by atoms with Gasteiger partial charge in [0.05, 0.1) is 28.7 Å². The molecule has 5 nitrogen and oxygen atoms in total. The van der Waals surface area contributed by atoms with Crippen LogP contribution in [0.4, 0.5) is 5.69 Å². The Morgan fingerprint density at radius 2 is 1.82 bits per heavy atom. The molecular weight excluding hydrogens is 217 g/mol. The SMILES string of the molecule is CCn1ncc(N)c1B1OC(C)(C)C(C)(C)O1. The van der Waals surface area contributed by atoms with E-state index in [2.05, 4.69) is 5.10 Å². The number of hydrogen-bond acceptors (Lipinski definition) is 4. The van der Waals surface area contributed by atoms with Gasteiger partial charge >= 0.3 is 7.12 Å². The van der Waals surface area contributed by atoms with Crippen molar-refractivity contribution in [1.82, 2.24) is 9.78 Å². The van der Waals surface area contributed by atoms with E-state index in [1.165, 1.54) is 0 Å². The van der Waals surface area contributed by atoms with Crippen molar-refractivity contribution in [2.45, 2.75) is 52.4 Å². The molecule has 0 unspecified atom stereocenters. The van der Waals surface area contributed by atoms with E-state index in [9.17, 15) is 0 Å². The number of anilines is 1. The maximum absolute atomic E-state index is 5.97. The third kappa shape index (κ3) is 1.85. The Morgan fingerprint density at radius 1 is 1.29 bits per heavy atom. The molecule has 0 atom stereocenters. The van der Waals surface area contributed by atoms with E-state index in [-0.39, 0.29) is 11.2 Å². The van der Waals surface area contributed by atoms with E-state index < -0.39 is 7.12 Å². The smallest absolute Gasteiger partial charge is 0.398 e. The first-order valence-corrected chi connectivity index (χ1v) is 5.95. The molecule has 6 heteroatoms. The van der Waals surface area contributed by atoms with E-state index in [4.69, 9.17) is 15.0 Å². The van der Waals surface area contributed by atoms with Gasteiger partial charge in [-0.1, -0.05) is 0 Å². The van der Waals surface area contributed by atoms with Gasteiger partial charge in [-0.25, -0.2) is 0 Å². The van der Waals surface area contributed by atoms with Crippen LogP contribution in [0.2, 0.25) is 0 Å². The van der Waals surface area contributed by atoms with E-state index in [1.807, 2.05) is 39.3 Å². The highest BCUT2D eigenvalue weighted by atomic mass is 16.7. The van der Waals surface area contributed by atoms with Crippen LogP contribution in [0.1, 0.15) is 34.6 Å². The normalized spacial score (nSPS) is 22.1. The molecule has 17 heavy (non-hydrogen) atoms. The number of nitrogen functional groups attached to an aromatic ring is 1. The van der Waals surface area contributed by atoms with Crippen molar-refractivity contribution in [2.24, 2.45) is 0 Å². The maximum atomic E-state index is 5.97. The van der Waals surface area contributed by atoms with Crippen LogP contribution < -0.4 is 11.3 Å². The predicted octanol–water partition coefficient (Wildman–Crippen LogP) is 0.784. The fourth-order valence-electron chi connectivity index (χ4n) is 1.87. The molecule has 1 saturated heterocycles. The predicted molar refractivity (Wildman–Crippen MR) is 68.0 cm³/mol. The largest absolute Gasteiger partial charge is 0.516 e. The van der Waals surface area contributed by atoms with Gasteiger partial charge in [-0.2, -0.15) is 5.10 Å². The van der Waals surface area contributed by atoms with Gasteiger partial charge in [0.25, 0.3) is 0 Å². The molecule has 2 rings (SSSR count). The average molecular weight is 237 g/mol. The van der Waals surface area contributed by atoms with Crippen LogP contribution >= 0.6 is 0 Å². The van der Waals surface area contributed by atoms with Crippen molar-refractivity contribution >= 4 is 18.4 Å². The Kier molecular flexibility index (Phi) is 2.74. The van der Waals surface area contributed by atoms with Crippen molar-refractivity contribution in [3.8, 4) is 0 Å². The van der Waals surface area contributed by atoms with Crippen LogP contribution in [-0.2, 0) is 15.9 Å². The number of nitrogens with two attached hydrogens (primary N) is 1. The fourth-order valence-corrected chi connectivity index (χ4v) is 1.87. The minimum absolute atomic E-state index is 0.354. The summed E-state index contributed by atoms with van der Waals surface area (Å²) in [6.45, 7) is 10.9. The van der Waals surface area contributed by atoms with Gasteiger partial charge in [-0.15, -0.1) is 0 Å². The van der Waals surface area contributed by atoms with E-state index >= 15 is 0 Å². The molecule has 1 aromatic heterocycles. The fraction of sp³-hybridized carbons (Fsp3) is 0.727. The molecule has 0 saturated carbocycles. The molecule has 0 bridgehead atoms. The van der Waals surface area contributed by atoms with Gasteiger partial charge in [-0.3, -0.25) is 4.68 Å². The summed E-state index contributed by atoms with van der Waals surface area (Å²) < 4.78 is 13.8. The molecule has 0 aliphatic carbocycles. The molecule has 2 heterocycles. The highest BCUT2D eigenvalue weighted by Crippen LogP contribution is 2.36. The highest BCUT2D eigenvalue weighted by Gasteiger charge is 2.53. The van der Waals surface area contributed by atoms with Gasteiger partial charge in [-0.05, 0) is 34.6 Å². The topological polar surface area (TPSA) is 62.3 Å². The summed E-state index contributed by atoms with van der Waals surface area (Å²) in [5.41, 5.74) is 6.65. The average Bonchev–Trinajstić information content (AvgIpc) is 2.65. The monoisotopic (exact) mass is 237 g/mol. The molecule has 2 N–H and O–H groups in total. The summed E-state index contributed by atoms with van der Waals surface area (Å²) >= 11 is 0. The van der Waals surface area contributed by atoms with Gasteiger partial charge in [0.15, 0.2) is 0 Å². The summed E-state index contributed by atoms with van der Waals surface area (Å²) in [6, 6.07) is 0. The highest BCUT2D eigenvalue weighted by molar-refractivity contribution is 6.63. The van der Waals surface area contributed by atoms with Gasteiger partial charge < -0.3 is 15.0 Å². The zero-order valence-corrected chi connectivity index (χ0v) is 11.2. The Hall–Kier alpha value is -1.01. The second-order valence-corrected chi connectivity index (χ2v) is 5.39. The molecular formula is C11H20BN3O2. The Labute approximate surface area is 102 Å². The number of aromatic nitrogens is 2. The van der Waals surface area contributed by atoms with Crippen molar-refractivity contribution < 1.29 is 9.31 Å². The lowest BCUT2D eigenvalue weighted by molar-refractivity contribution is 0.00578. The van der Waals surface area contributed by atoms with Crippen LogP contribution in [0.15, 0.2) is 6.20 Å². The minimum Gasteiger partial charge on any atom is -0.398 e. The second kappa shape index (κ2) is 3.75. The summed E-state index contributed by atoms with van der Waals surface area (Å²) in [6.07, 6.45) is 1.64. The van der Waals surface area contributed by atoms with Crippen molar-refractivity contribution in [3.63, 3.8) is 0 Å². The summed E-state index contributed by atoms with van der Waals surface area (Å²) in [5, 5.41) is 4.21. The quantitative estimate of drug-likeness (QED) is 0.772. The zero-order valence-electron chi connectivity index (χ0n) is 11.2. The van der Waals surface area contributed by atoms with Crippen LogP contribution in [0.5, 0.6) is 0 Å². The molecule has 1 fully saturated rings. The van der Waals surface area contributed by atoms with E-state index in [0.29, 0.717) is 5.69 Å². The first kappa shape index (κ1) is 12.5. The molecule has 1 aliphatic rings. The zero-order chi connectivity index (χ0) is 12.8. The molecule has 0 aromatic carbocycles. The Bertz CT molecular complexity index is 412. The van der Waals surface area contributed by atoms with Crippen molar-refractivity contribution in [1.29, 1.82) is 0 Å². The number of hydrogen-bond donors (Lipinski definition) is 1. The lowest BCUT2D eigenvalue weighted by atomic mass is 9.83. The Balaban J connectivity index is 2.35. The number of rotatable bonds is 2. The standard InChI is InChI=1S/C11H20BN3O2/c1-6-15-9(8(13)7-14-15)12-16-10(2,3)11(4,5)17-12/h7H,6,13H2,1-5H3. The molecule has 0 spiro atoms. The van der Waals surface area contributed by atoms with Gasteiger partial charge in [0.2, 0.25) is 0 Å². The van der Waals surface area contributed by atoms with E-state index in [1.54, 1.807) is 6.20 Å². The number of aryl methyl sites for hydroxylation is 1. The van der Waals surface area contributed by atoms with Crippen molar-refractivity contribution in [2.75, 3.05) is 5.73 Å². The van der Waals surface area contributed by atoms with Crippen LogP contribution in [0.25, 0.3) is 0 Å². The third-order valence-electron chi connectivity index (χ3n) is 3.69. The molecule has 1 aliphatic heterocycles. The Morgan fingerprint density at radius 3 is 2.29 bits per heavy atom. The summed E-state index contributed by atoms with van der Waals surface area (Å²) in [5.74, 6) is 0. The van der Waals surface area contributed by atoms with Gasteiger partial charge in [0, 0.05) is 6.54 Å². The molecule has 0 amide bonds. The summed E-state index contributed by atoms with van der Waals surface area (Å²) in [7, 11) is -0.442. The third-order valence-corrected chi connectivity index (χ3v) is 3.69. The van der Waals surface area contributed by atoms with E-state index in [0.717, 1.165) is 12.1 Å². The number of nitrogens with zero attached hydrogens (tertiary/aromatic N) is 2.